The summed E-state index contributed by atoms with van der Waals surface area (Å²) in [6, 6.07) is 14.8. The minimum absolute atomic E-state index is 0.0120. The van der Waals surface area contributed by atoms with Crippen LogP contribution in [0.15, 0.2) is 54.6 Å². The van der Waals surface area contributed by atoms with E-state index in [4.69, 9.17) is 4.74 Å². The van der Waals surface area contributed by atoms with Crippen LogP contribution in [0, 0.1) is 11.8 Å². The van der Waals surface area contributed by atoms with Gasteiger partial charge in [0.25, 0.3) is 0 Å². The molecule has 1 fully saturated rings. The largest absolute Gasteiger partial charge is 0.487 e. The van der Waals surface area contributed by atoms with E-state index in [1.165, 1.54) is 17.2 Å². The van der Waals surface area contributed by atoms with E-state index in [9.17, 15) is 0 Å². The monoisotopic (exact) mass is 250 g/mol. The van der Waals surface area contributed by atoms with E-state index in [-0.39, 0.29) is 5.60 Å². The zero-order valence-corrected chi connectivity index (χ0v) is 11.2. The van der Waals surface area contributed by atoms with Gasteiger partial charge >= 0.3 is 0 Å². The normalized spacial score (nSPS) is 32.1. The van der Waals surface area contributed by atoms with E-state index in [2.05, 4.69) is 61.5 Å². The minimum Gasteiger partial charge on any atom is -0.487 e. The van der Waals surface area contributed by atoms with Gasteiger partial charge in [-0.15, -0.1) is 0 Å². The highest BCUT2D eigenvalue weighted by molar-refractivity contribution is 5.83. The Labute approximate surface area is 113 Å². The van der Waals surface area contributed by atoms with Crippen molar-refractivity contribution in [3.8, 4) is 5.75 Å². The Balaban J connectivity index is 1.66. The highest BCUT2D eigenvalue weighted by Crippen LogP contribution is 2.48. The summed E-state index contributed by atoms with van der Waals surface area (Å²) in [5.41, 5.74) is -0.0120. The topological polar surface area (TPSA) is 9.23 Å². The fourth-order valence-electron chi connectivity index (χ4n) is 3.67. The first-order valence-corrected chi connectivity index (χ1v) is 7.09. The Morgan fingerprint density at radius 3 is 2.63 bits per heavy atom. The molecule has 96 valence electrons. The molecule has 0 aliphatic heterocycles. The molecule has 3 unspecified atom stereocenters. The summed E-state index contributed by atoms with van der Waals surface area (Å²) in [5.74, 6) is 2.32. The summed E-state index contributed by atoms with van der Waals surface area (Å²) in [6.07, 6.45) is 7.12. The number of fused-ring (bicyclic) bond motifs is 3. The molecule has 3 atom stereocenters. The number of ether oxygens (including phenoxy) is 1. The van der Waals surface area contributed by atoms with Crippen LogP contribution in [0.1, 0.15) is 19.8 Å². The first-order chi connectivity index (χ1) is 9.23. The van der Waals surface area contributed by atoms with Crippen LogP contribution in [0.3, 0.4) is 0 Å². The lowest BCUT2D eigenvalue weighted by Crippen LogP contribution is -2.36. The van der Waals surface area contributed by atoms with Crippen molar-refractivity contribution >= 4 is 10.8 Å². The molecule has 0 heterocycles. The van der Waals surface area contributed by atoms with E-state index >= 15 is 0 Å². The summed E-state index contributed by atoms with van der Waals surface area (Å²) in [7, 11) is 0. The van der Waals surface area contributed by atoms with E-state index in [0.717, 1.165) is 18.1 Å². The molecule has 1 saturated carbocycles. The second-order valence-electron chi connectivity index (χ2n) is 6.11. The lowest BCUT2D eigenvalue weighted by Gasteiger charge is -2.32. The molecule has 1 heteroatoms. The zero-order valence-electron chi connectivity index (χ0n) is 11.2. The summed E-state index contributed by atoms with van der Waals surface area (Å²) in [5, 5.41) is 2.52. The Morgan fingerprint density at radius 1 is 1.05 bits per heavy atom. The highest BCUT2D eigenvalue weighted by atomic mass is 16.5. The zero-order chi connectivity index (χ0) is 12.9. The van der Waals surface area contributed by atoms with Crippen molar-refractivity contribution in [3.05, 3.63) is 54.6 Å². The van der Waals surface area contributed by atoms with Gasteiger partial charge in [0.2, 0.25) is 0 Å². The van der Waals surface area contributed by atoms with Gasteiger partial charge in [-0.05, 0) is 48.6 Å². The molecule has 0 amide bonds. The van der Waals surface area contributed by atoms with Crippen LogP contribution < -0.4 is 4.74 Å². The Bertz CT molecular complexity index is 658. The SMILES string of the molecule is CC1(Oc2ccc3ccccc3c2)CC2C=CC1C2. The molecular weight excluding hydrogens is 232 g/mol. The van der Waals surface area contributed by atoms with E-state index < -0.39 is 0 Å². The highest BCUT2D eigenvalue weighted by Gasteiger charge is 2.46. The van der Waals surface area contributed by atoms with Gasteiger partial charge in [0, 0.05) is 5.92 Å². The molecule has 19 heavy (non-hydrogen) atoms. The molecule has 0 aromatic heterocycles. The molecule has 0 N–H and O–H groups in total. The van der Waals surface area contributed by atoms with E-state index in [1.54, 1.807) is 0 Å². The summed E-state index contributed by atoms with van der Waals surface area (Å²) >= 11 is 0. The van der Waals surface area contributed by atoms with Crippen LogP contribution in [-0.2, 0) is 0 Å². The molecule has 2 aromatic rings. The van der Waals surface area contributed by atoms with Gasteiger partial charge in [-0.25, -0.2) is 0 Å². The summed E-state index contributed by atoms with van der Waals surface area (Å²) < 4.78 is 6.35. The van der Waals surface area contributed by atoms with Gasteiger partial charge in [-0.3, -0.25) is 0 Å². The number of rotatable bonds is 2. The molecule has 2 aromatic carbocycles. The predicted octanol–water partition coefficient (Wildman–Crippen LogP) is 4.57. The van der Waals surface area contributed by atoms with Gasteiger partial charge in [0.15, 0.2) is 0 Å². The van der Waals surface area contributed by atoms with Crippen LogP contribution >= 0.6 is 0 Å². The second kappa shape index (κ2) is 3.86. The number of hydrogen-bond donors (Lipinski definition) is 0. The lowest BCUT2D eigenvalue weighted by atomic mass is 9.90. The van der Waals surface area contributed by atoms with E-state index in [0.29, 0.717) is 5.92 Å². The van der Waals surface area contributed by atoms with Gasteiger partial charge in [0.05, 0.1) is 0 Å². The average Bonchev–Trinajstić information content (AvgIpc) is 2.98. The molecule has 0 radical (unpaired) electrons. The first kappa shape index (κ1) is 11.1. The van der Waals surface area contributed by atoms with Gasteiger partial charge in [0.1, 0.15) is 11.4 Å². The smallest absolute Gasteiger partial charge is 0.120 e. The van der Waals surface area contributed by atoms with Crippen LogP contribution in [0.5, 0.6) is 5.75 Å². The lowest BCUT2D eigenvalue weighted by molar-refractivity contribution is 0.0624. The Morgan fingerprint density at radius 2 is 1.89 bits per heavy atom. The van der Waals surface area contributed by atoms with Gasteiger partial charge in [-0.2, -0.15) is 0 Å². The van der Waals surface area contributed by atoms with Crippen molar-refractivity contribution in [1.29, 1.82) is 0 Å². The summed E-state index contributed by atoms with van der Waals surface area (Å²) in [6.45, 7) is 2.26. The molecule has 4 rings (SSSR count). The molecular formula is C18H18O. The molecule has 0 saturated heterocycles. The third kappa shape index (κ3) is 1.76. The van der Waals surface area contributed by atoms with Crippen molar-refractivity contribution in [2.45, 2.75) is 25.4 Å². The molecule has 0 spiro atoms. The molecule has 2 aliphatic rings. The number of hydrogen-bond acceptors (Lipinski definition) is 1. The maximum atomic E-state index is 6.35. The number of allylic oxidation sites excluding steroid dienone is 1. The Kier molecular flexibility index (Phi) is 2.26. The van der Waals surface area contributed by atoms with E-state index in [1.807, 2.05) is 0 Å². The van der Waals surface area contributed by atoms with Gasteiger partial charge in [-0.1, -0.05) is 42.5 Å². The fraction of sp³-hybridized carbons (Fsp3) is 0.333. The third-order valence-corrected chi connectivity index (χ3v) is 4.70. The van der Waals surface area contributed by atoms with Crippen molar-refractivity contribution in [1.82, 2.24) is 0 Å². The van der Waals surface area contributed by atoms with Crippen LogP contribution in [-0.4, -0.2) is 5.60 Å². The first-order valence-electron chi connectivity index (χ1n) is 7.09. The van der Waals surface area contributed by atoms with Crippen LogP contribution in [0.4, 0.5) is 0 Å². The van der Waals surface area contributed by atoms with Crippen molar-refractivity contribution in [3.63, 3.8) is 0 Å². The van der Waals surface area contributed by atoms with Gasteiger partial charge < -0.3 is 4.74 Å². The third-order valence-electron chi connectivity index (χ3n) is 4.70. The average molecular weight is 250 g/mol. The quantitative estimate of drug-likeness (QED) is 0.709. The van der Waals surface area contributed by atoms with Crippen LogP contribution in [0.2, 0.25) is 0 Å². The Hall–Kier alpha value is -1.76. The molecule has 2 bridgehead atoms. The van der Waals surface area contributed by atoms with Crippen molar-refractivity contribution in [2.24, 2.45) is 11.8 Å². The van der Waals surface area contributed by atoms with Crippen LogP contribution in [0.25, 0.3) is 10.8 Å². The number of benzene rings is 2. The molecule has 1 nitrogen and oxygen atoms in total. The summed E-state index contributed by atoms with van der Waals surface area (Å²) in [4.78, 5) is 0. The fourth-order valence-corrected chi connectivity index (χ4v) is 3.67. The van der Waals surface area contributed by atoms with Crippen molar-refractivity contribution in [2.75, 3.05) is 0 Å². The second-order valence-corrected chi connectivity index (χ2v) is 6.11. The maximum Gasteiger partial charge on any atom is 0.120 e. The standard InChI is InChI=1S/C18H18O/c1-18(12-13-6-8-16(18)10-13)19-17-9-7-14-4-2-3-5-15(14)11-17/h2-9,11,13,16H,10,12H2,1H3. The molecule has 2 aliphatic carbocycles. The predicted molar refractivity (Wildman–Crippen MR) is 78.3 cm³/mol. The van der Waals surface area contributed by atoms with Crippen molar-refractivity contribution < 1.29 is 4.74 Å². The maximum absolute atomic E-state index is 6.35. The minimum atomic E-state index is -0.0120.